The van der Waals surface area contributed by atoms with Gasteiger partial charge in [-0.1, -0.05) is 23.7 Å². The van der Waals surface area contributed by atoms with Crippen LogP contribution in [-0.4, -0.2) is 27.2 Å². The highest BCUT2D eigenvalue weighted by Crippen LogP contribution is 2.54. The molecule has 0 radical (unpaired) electrons. The van der Waals surface area contributed by atoms with Crippen LogP contribution < -0.4 is 25.0 Å². The molecule has 1 unspecified atom stereocenters. The zero-order chi connectivity index (χ0) is 20.4. The third-order valence-electron chi connectivity index (χ3n) is 4.86. The Bertz CT molecular complexity index is 989. The van der Waals surface area contributed by atoms with Gasteiger partial charge >= 0.3 is 0 Å². The molecule has 0 aliphatic heterocycles. The molecule has 0 bridgehead atoms. The van der Waals surface area contributed by atoms with Gasteiger partial charge in [-0.25, -0.2) is 0 Å². The Morgan fingerprint density at radius 2 is 1.79 bits per heavy atom. The molecule has 0 saturated heterocycles. The highest BCUT2D eigenvalue weighted by molar-refractivity contribution is 6.34. The number of amides is 1. The largest absolute Gasteiger partial charge is 0.492 e. The Labute approximate surface area is 168 Å². The van der Waals surface area contributed by atoms with E-state index in [1.165, 1.54) is 27.2 Å². The van der Waals surface area contributed by atoms with Gasteiger partial charge in [0.1, 0.15) is 0 Å². The fourth-order valence-corrected chi connectivity index (χ4v) is 4.10. The minimum Gasteiger partial charge on any atom is -0.492 e. The Morgan fingerprint density at radius 3 is 2.39 bits per heavy atom. The molecule has 1 N–H and O–H groups in total. The van der Waals surface area contributed by atoms with Crippen LogP contribution >= 0.6 is 11.6 Å². The first-order valence-corrected chi connectivity index (χ1v) is 9.22. The first-order chi connectivity index (χ1) is 13.4. The number of halogens is 1. The van der Waals surface area contributed by atoms with E-state index in [4.69, 9.17) is 25.8 Å². The SMILES string of the molecule is COc1c(Cl)c2c(c(OC)c1OC)-c1cccc(=O)cc1C(NC(C)=O)CC2. The molecule has 2 aromatic rings. The van der Waals surface area contributed by atoms with E-state index in [2.05, 4.69) is 5.32 Å². The maximum atomic E-state index is 12.2. The number of fused-ring (bicyclic) bond motifs is 3. The van der Waals surface area contributed by atoms with Crippen molar-refractivity contribution in [2.24, 2.45) is 0 Å². The highest BCUT2D eigenvalue weighted by atomic mass is 35.5. The first kappa shape index (κ1) is 20.0. The zero-order valence-electron chi connectivity index (χ0n) is 16.2. The number of hydrogen-bond acceptors (Lipinski definition) is 5. The Hall–Kier alpha value is -2.73. The van der Waals surface area contributed by atoms with Crippen LogP contribution in [0.15, 0.2) is 29.1 Å². The van der Waals surface area contributed by atoms with Gasteiger partial charge in [0.15, 0.2) is 16.9 Å². The van der Waals surface area contributed by atoms with Crippen molar-refractivity contribution in [3.63, 3.8) is 0 Å². The summed E-state index contributed by atoms with van der Waals surface area (Å²) in [4.78, 5) is 24.0. The molecule has 6 nitrogen and oxygen atoms in total. The van der Waals surface area contributed by atoms with Crippen molar-refractivity contribution >= 4 is 17.5 Å². The van der Waals surface area contributed by atoms with Crippen molar-refractivity contribution in [3.8, 4) is 28.4 Å². The smallest absolute Gasteiger partial charge is 0.217 e. The van der Waals surface area contributed by atoms with Crippen LogP contribution in [0.2, 0.25) is 5.02 Å². The molecular formula is C21H22ClNO5. The second-order valence-electron chi connectivity index (χ2n) is 6.50. The van der Waals surface area contributed by atoms with Crippen LogP contribution in [0.4, 0.5) is 0 Å². The average molecular weight is 404 g/mol. The van der Waals surface area contributed by atoms with Gasteiger partial charge in [0, 0.05) is 12.5 Å². The molecule has 148 valence electrons. The second-order valence-corrected chi connectivity index (χ2v) is 6.88. The minimum absolute atomic E-state index is 0.148. The molecule has 2 aromatic carbocycles. The van der Waals surface area contributed by atoms with Crippen molar-refractivity contribution in [2.45, 2.75) is 25.8 Å². The number of methoxy groups -OCH3 is 3. The number of ether oxygens (including phenoxy) is 3. The summed E-state index contributed by atoms with van der Waals surface area (Å²) in [6.45, 7) is 1.46. The summed E-state index contributed by atoms with van der Waals surface area (Å²) in [6.07, 6.45) is 1.13. The molecule has 1 aliphatic carbocycles. The van der Waals surface area contributed by atoms with Gasteiger partial charge in [0.2, 0.25) is 11.7 Å². The number of hydrogen-bond donors (Lipinski definition) is 1. The molecule has 1 aliphatic rings. The van der Waals surface area contributed by atoms with Crippen LogP contribution in [0.25, 0.3) is 11.1 Å². The number of nitrogens with one attached hydrogen (secondary N) is 1. The van der Waals surface area contributed by atoms with Gasteiger partial charge < -0.3 is 19.5 Å². The monoisotopic (exact) mass is 403 g/mol. The fourth-order valence-electron chi connectivity index (χ4n) is 3.75. The lowest BCUT2D eigenvalue weighted by molar-refractivity contribution is -0.119. The predicted molar refractivity (Wildman–Crippen MR) is 108 cm³/mol. The standard InChI is InChI=1S/C21H22ClNO5/c1-11(24)23-16-9-8-14-17(13-7-5-6-12(25)10-15(13)16)19(26-2)21(28-4)20(27-3)18(14)22/h5-7,10,16H,8-9H2,1-4H3,(H,23,24). The van der Waals surface area contributed by atoms with Crippen LogP contribution in [0.1, 0.15) is 30.5 Å². The molecular weight excluding hydrogens is 382 g/mol. The molecule has 0 saturated carbocycles. The minimum atomic E-state index is -0.335. The summed E-state index contributed by atoms with van der Waals surface area (Å²) < 4.78 is 16.7. The quantitative estimate of drug-likeness (QED) is 0.845. The molecule has 3 rings (SSSR count). The molecule has 0 heterocycles. The van der Waals surface area contributed by atoms with E-state index in [1.54, 1.807) is 19.2 Å². The van der Waals surface area contributed by atoms with E-state index in [-0.39, 0.29) is 17.4 Å². The van der Waals surface area contributed by atoms with E-state index in [0.717, 1.165) is 16.7 Å². The summed E-state index contributed by atoms with van der Waals surface area (Å²) in [5, 5.41) is 3.37. The summed E-state index contributed by atoms with van der Waals surface area (Å²) in [5.74, 6) is 1.08. The van der Waals surface area contributed by atoms with Gasteiger partial charge in [-0.2, -0.15) is 0 Å². The van der Waals surface area contributed by atoms with Crippen LogP contribution in [0.3, 0.4) is 0 Å². The molecule has 0 fully saturated rings. The van der Waals surface area contributed by atoms with Gasteiger partial charge in [-0.15, -0.1) is 0 Å². The third kappa shape index (κ3) is 3.40. The number of carbonyl (C=O) groups is 1. The van der Waals surface area contributed by atoms with E-state index in [1.807, 2.05) is 6.07 Å². The Morgan fingerprint density at radius 1 is 1.11 bits per heavy atom. The predicted octanol–water partition coefficient (Wildman–Crippen LogP) is 3.52. The molecule has 28 heavy (non-hydrogen) atoms. The van der Waals surface area contributed by atoms with Gasteiger partial charge in [0.05, 0.1) is 32.4 Å². The highest BCUT2D eigenvalue weighted by Gasteiger charge is 2.31. The lowest BCUT2D eigenvalue weighted by atomic mass is 9.95. The normalized spacial score (nSPS) is 15.0. The number of rotatable bonds is 4. The van der Waals surface area contributed by atoms with Gasteiger partial charge in [-0.3, -0.25) is 9.59 Å². The number of benzene rings is 1. The van der Waals surface area contributed by atoms with Gasteiger partial charge in [-0.05, 0) is 41.7 Å². The van der Waals surface area contributed by atoms with Crippen molar-refractivity contribution in [1.29, 1.82) is 0 Å². The Balaban J connectivity index is 2.44. The van der Waals surface area contributed by atoms with E-state index < -0.39 is 0 Å². The summed E-state index contributed by atoms with van der Waals surface area (Å²) in [6, 6.07) is 6.21. The third-order valence-corrected chi connectivity index (χ3v) is 5.26. The second kappa shape index (κ2) is 8.10. The summed E-state index contributed by atoms with van der Waals surface area (Å²) >= 11 is 6.69. The lowest BCUT2D eigenvalue weighted by Gasteiger charge is -2.21. The zero-order valence-corrected chi connectivity index (χ0v) is 17.0. The molecule has 0 spiro atoms. The van der Waals surface area contributed by atoms with Crippen LogP contribution in [0, 0.1) is 0 Å². The van der Waals surface area contributed by atoms with E-state index in [9.17, 15) is 9.59 Å². The topological polar surface area (TPSA) is 73.9 Å². The molecule has 7 heteroatoms. The molecule has 0 aromatic heterocycles. The first-order valence-electron chi connectivity index (χ1n) is 8.84. The average Bonchev–Trinajstić information content (AvgIpc) is 2.93. The van der Waals surface area contributed by atoms with Gasteiger partial charge in [0.25, 0.3) is 0 Å². The van der Waals surface area contributed by atoms with Crippen LogP contribution in [-0.2, 0) is 11.2 Å². The maximum absolute atomic E-state index is 12.2. The lowest BCUT2D eigenvalue weighted by Crippen LogP contribution is -2.26. The van der Waals surface area contributed by atoms with E-state index >= 15 is 0 Å². The summed E-state index contributed by atoms with van der Waals surface area (Å²) in [5.41, 5.74) is 2.89. The van der Waals surface area contributed by atoms with Crippen molar-refractivity contribution in [1.82, 2.24) is 5.32 Å². The molecule has 1 atom stereocenters. The van der Waals surface area contributed by atoms with Crippen molar-refractivity contribution in [2.75, 3.05) is 21.3 Å². The van der Waals surface area contributed by atoms with E-state index in [0.29, 0.717) is 40.7 Å². The van der Waals surface area contributed by atoms with Crippen LogP contribution in [0.5, 0.6) is 17.2 Å². The van der Waals surface area contributed by atoms with Crippen molar-refractivity contribution in [3.05, 3.63) is 50.6 Å². The summed E-state index contributed by atoms with van der Waals surface area (Å²) in [7, 11) is 4.58. The van der Waals surface area contributed by atoms with Crippen molar-refractivity contribution < 1.29 is 19.0 Å². The maximum Gasteiger partial charge on any atom is 0.217 e. The Kier molecular flexibility index (Phi) is 5.79. The molecule has 1 amide bonds. The fraction of sp³-hybridized carbons (Fsp3) is 0.333. The number of carbonyl (C=O) groups excluding carboxylic acids is 1.